The Morgan fingerprint density at radius 1 is 1.28 bits per heavy atom. The first kappa shape index (κ1) is 10.7. The number of aryl methyl sites for hydroxylation is 1. The Labute approximate surface area is 103 Å². The fourth-order valence-corrected chi connectivity index (χ4v) is 2.08. The van der Waals surface area contributed by atoms with Crippen molar-refractivity contribution in [1.29, 1.82) is 0 Å². The van der Waals surface area contributed by atoms with Gasteiger partial charge in [0.15, 0.2) is 0 Å². The molecule has 0 bridgehead atoms. The van der Waals surface area contributed by atoms with Gasteiger partial charge in [-0.3, -0.25) is 0 Å². The van der Waals surface area contributed by atoms with E-state index in [4.69, 9.17) is 0 Å². The van der Waals surface area contributed by atoms with Crippen LogP contribution in [0.15, 0.2) is 41.3 Å². The summed E-state index contributed by atoms with van der Waals surface area (Å²) in [6.07, 6.45) is 2.25. The highest BCUT2D eigenvalue weighted by molar-refractivity contribution is 5.50. The van der Waals surface area contributed by atoms with Gasteiger partial charge in [0.25, 0.3) is 0 Å². The van der Waals surface area contributed by atoms with Gasteiger partial charge in [0, 0.05) is 6.42 Å². The van der Waals surface area contributed by atoms with E-state index >= 15 is 0 Å². The summed E-state index contributed by atoms with van der Waals surface area (Å²) < 4.78 is 1.58. The SMILES string of the molecule is Cc1nc(Cc2ccccc2)n2c(=O)[nH]ncc12. The van der Waals surface area contributed by atoms with E-state index in [0.717, 1.165) is 22.6 Å². The standard InChI is InChI=1S/C13H12N4O/c1-9-11-8-14-16-13(18)17(11)12(15-9)7-10-5-3-2-4-6-10/h2-6,8H,7H2,1H3,(H,16,18). The van der Waals surface area contributed by atoms with Gasteiger partial charge >= 0.3 is 5.69 Å². The predicted octanol–water partition coefficient (Wildman–Crippen LogP) is 1.32. The predicted molar refractivity (Wildman–Crippen MR) is 67.6 cm³/mol. The monoisotopic (exact) mass is 240 g/mol. The van der Waals surface area contributed by atoms with Crippen LogP contribution in [-0.2, 0) is 6.42 Å². The van der Waals surface area contributed by atoms with Crippen LogP contribution in [-0.4, -0.2) is 19.6 Å². The maximum Gasteiger partial charge on any atom is 0.347 e. The van der Waals surface area contributed by atoms with E-state index in [1.807, 2.05) is 37.3 Å². The Kier molecular flexibility index (Phi) is 2.44. The molecule has 2 heterocycles. The molecule has 1 N–H and O–H groups in total. The van der Waals surface area contributed by atoms with E-state index in [-0.39, 0.29) is 5.69 Å². The van der Waals surface area contributed by atoms with Crippen molar-refractivity contribution < 1.29 is 0 Å². The molecule has 5 nitrogen and oxygen atoms in total. The van der Waals surface area contributed by atoms with E-state index in [1.54, 1.807) is 10.6 Å². The average molecular weight is 240 g/mol. The first-order valence-corrected chi connectivity index (χ1v) is 5.71. The van der Waals surface area contributed by atoms with Gasteiger partial charge < -0.3 is 0 Å². The zero-order valence-corrected chi connectivity index (χ0v) is 9.92. The summed E-state index contributed by atoms with van der Waals surface area (Å²) in [5, 5.41) is 6.23. The molecule has 0 radical (unpaired) electrons. The molecule has 0 aliphatic heterocycles. The van der Waals surface area contributed by atoms with Gasteiger partial charge in [-0.25, -0.2) is 19.3 Å². The summed E-state index contributed by atoms with van der Waals surface area (Å²) >= 11 is 0. The Hall–Kier alpha value is -2.43. The van der Waals surface area contributed by atoms with Crippen LogP contribution >= 0.6 is 0 Å². The Morgan fingerprint density at radius 2 is 2.06 bits per heavy atom. The maximum absolute atomic E-state index is 11.8. The molecule has 1 aromatic carbocycles. The Bertz CT molecular complexity index is 743. The summed E-state index contributed by atoms with van der Waals surface area (Å²) in [6.45, 7) is 1.88. The van der Waals surface area contributed by atoms with Gasteiger partial charge in [-0.05, 0) is 12.5 Å². The second-order valence-corrected chi connectivity index (χ2v) is 4.17. The van der Waals surface area contributed by atoms with Gasteiger partial charge in [0.05, 0.1) is 17.4 Å². The fraction of sp³-hybridized carbons (Fsp3) is 0.154. The van der Waals surface area contributed by atoms with Crippen molar-refractivity contribution in [3.8, 4) is 0 Å². The maximum atomic E-state index is 11.8. The lowest BCUT2D eigenvalue weighted by Crippen LogP contribution is -2.19. The number of nitrogens with zero attached hydrogens (tertiary/aromatic N) is 3. The lowest BCUT2D eigenvalue weighted by Gasteiger charge is -2.00. The summed E-state index contributed by atoms with van der Waals surface area (Å²) in [7, 11) is 0. The van der Waals surface area contributed by atoms with Crippen LogP contribution in [0, 0.1) is 6.92 Å². The van der Waals surface area contributed by atoms with E-state index < -0.39 is 0 Å². The third-order valence-electron chi connectivity index (χ3n) is 2.92. The zero-order chi connectivity index (χ0) is 12.5. The van der Waals surface area contributed by atoms with Crippen molar-refractivity contribution in [3.63, 3.8) is 0 Å². The minimum atomic E-state index is -0.251. The number of hydrogen-bond donors (Lipinski definition) is 1. The zero-order valence-electron chi connectivity index (χ0n) is 9.92. The average Bonchev–Trinajstić information content (AvgIpc) is 2.69. The van der Waals surface area contributed by atoms with Crippen LogP contribution in [0.1, 0.15) is 17.1 Å². The minimum absolute atomic E-state index is 0.251. The van der Waals surface area contributed by atoms with Gasteiger partial charge in [-0.1, -0.05) is 30.3 Å². The first-order valence-electron chi connectivity index (χ1n) is 5.71. The fourth-order valence-electron chi connectivity index (χ4n) is 2.08. The molecule has 0 fully saturated rings. The number of fused-ring (bicyclic) bond motifs is 1. The molecule has 3 rings (SSSR count). The topological polar surface area (TPSA) is 63.1 Å². The molecule has 0 unspecified atom stereocenters. The molecular weight excluding hydrogens is 228 g/mol. The number of hydrogen-bond acceptors (Lipinski definition) is 3. The van der Waals surface area contributed by atoms with Crippen molar-refractivity contribution in [3.05, 3.63) is 64.1 Å². The van der Waals surface area contributed by atoms with Gasteiger partial charge in [0.1, 0.15) is 5.82 Å². The highest BCUT2D eigenvalue weighted by Gasteiger charge is 2.10. The minimum Gasteiger partial charge on any atom is -0.246 e. The van der Waals surface area contributed by atoms with Gasteiger partial charge in [0.2, 0.25) is 0 Å². The Morgan fingerprint density at radius 3 is 2.83 bits per heavy atom. The molecule has 0 spiro atoms. The third-order valence-corrected chi connectivity index (χ3v) is 2.92. The van der Waals surface area contributed by atoms with E-state index in [9.17, 15) is 4.79 Å². The highest BCUT2D eigenvalue weighted by Crippen LogP contribution is 2.12. The number of benzene rings is 1. The van der Waals surface area contributed by atoms with Crippen LogP contribution in [0.4, 0.5) is 0 Å². The number of rotatable bonds is 2. The molecule has 2 aromatic heterocycles. The van der Waals surface area contributed by atoms with Gasteiger partial charge in [-0.2, -0.15) is 5.10 Å². The van der Waals surface area contributed by atoms with Crippen molar-refractivity contribution in [2.75, 3.05) is 0 Å². The lowest BCUT2D eigenvalue weighted by molar-refractivity contribution is 0.840. The number of imidazole rings is 1. The number of H-pyrrole nitrogens is 1. The molecule has 0 saturated carbocycles. The molecule has 90 valence electrons. The molecule has 3 aromatic rings. The summed E-state index contributed by atoms with van der Waals surface area (Å²) in [5.74, 6) is 0.734. The second-order valence-electron chi connectivity index (χ2n) is 4.17. The molecule has 18 heavy (non-hydrogen) atoms. The number of aromatic amines is 1. The van der Waals surface area contributed by atoms with Crippen LogP contribution in [0.3, 0.4) is 0 Å². The molecule has 0 saturated heterocycles. The summed E-state index contributed by atoms with van der Waals surface area (Å²) in [4.78, 5) is 16.3. The Balaban J connectivity index is 2.16. The van der Waals surface area contributed by atoms with E-state index in [0.29, 0.717) is 6.42 Å². The molecule has 5 heteroatoms. The molecule has 0 aliphatic rings. The quantitative estimate of drug-likeness (QED) is 0.734. The van der Waals surface area contributed by atoms with E-state index in [2.05, 4.69) is 15.2 Å². The van der Waals surface area contributed by atoms with Crippen molar-refractivity contribution in [1.82, 2.24) is 19.6 Å². The van der Waals surface area contributed by atoms with Crippen LogP contribution < -0.4 is 5.69 Å². The molecule has 0 amide bonds. The normalized spacial score (nSPS) is 10.9. The smallest absolute Gasteiger partial charge is 0.246 e. The first-order chi connectivity index (χ1) is 8.75. The molecule has 0 atom stereocenters. The largest absolute Gasteiger partial charge is 0.347 e. The van der Waals surface area contributed by atoms with Crippen LogP contribution in [0.25, 0.3) is 5.52 Å². The molecule has 0 aliphatic carbocycles. The number of aromatic nitrogens is 4. The molecular formula is C13H12N4O. The van der Waals surface area contributed by atoms with Crippen molar-refractivity contribution >= 4 is 5.52 Å². The van der Waals surface area contributed by atoms with Crippen LogP contribution in [0.2, 0.25) is 0 Å². The lowest BCUT2D eigenvalue weighted by atomic mass is 10.1. The summed E-state index contributed by atoms with van der Waals surface area (Å²) in [6, 6.07) is 9.96. The van der Waals surface area contributed by atoms with Crippen molar-refractivity contribution in [2.24, 2.45) is 0 Å². The van der Waals surface area contributed by atoms with Crippen molar-refractivity contribution in [2.45, 2.75) is 13.3 Å². The van der Waals surface area contributed by atoms with Gasteiger partial charge in [-0.15, -0.1) is 0 Å². The van der Waals surface area contributed by atoms with E-state index in [1.165, 1.54) is 0 Å². The summed E-state index contributed by atoms with van der Waals surface area (Å²) in [5.41, 5.74) is 2.45. The second kappa shape index (κ2) is 4.10. The highest BCUT2D eigenvalue weighted by atomic mass is 16.1. The third kappa shape index (κ3) is 1.69. The van der Waals surface area contributed by atoms with Crippen LogP contribution in [0.5, 0.6) is 0 Å². The number of nitrogens with one attached hydrogen (secondary N) is 1.